The molecule has 0 aliphatic heterocycles. The highest BCUT2D eigenvalue weighted by atomic mass is 16.1. The van der Waals surface area contributed by atoms with Crippen molar-refractivity contribution < 1.29 is 4.79 Å². The van der Waals surface area contributed by atoms with Crippen LogP contribution in [-0.2, 0) is 6.42 Å². The fraction of sp³-hybridized carbons (Fsp3) is 0.143. The molecule has 0 radical (unpaired) electrons. The predicted molar refractivity (Wildman–Crippen MR) is 37.9 cm³/mol. The second-order valence-electron chi connectivity index (χ2n) is 1.93. The Labute approximate surface area is 58.8 Å². The van der Waals surface area contributed by atoms with Gasteiger partial charge in [0.1, 0.15) is 5.69 Å². The Hall–Kier alpha value is -1.38. The van der Waals surface area contributed by atoms with Crippen molar-refractivity contribution in [3.05, 3.63) is 30.1 Å². The summed E-state index contributed by atoms with van der Waals surface area (Å²) in [6, 6.07) is 1.70. The molecule has 0 unspecified atom stereocenters. The molecule has 0 atom stereocenters. The van der Waals surface area contributed by atoms with Gasteiger partial charge in [0, 0.05) is 12.1 Å². The molecule has 1 N–H and O–H groups in total. The molecule has 0 spiro atoms. The zero-order valence-electron chi connectivity index (χ0n) is 5.50. The number of carbonyl (C=O) groups is 1. The topological polar surface area (TPSA) is 45.8 Å². The first-order valence-electron chi connectivity index (χ1n) is 2.97. The smallest absolute Gasteiger partial charge is 0.170 e. The van der Waals surface area contributed by atoms with Crippen molar-refractivity contribution in [3.63, 3.8) is 0 Å². The van der Waals surface area contributed by atoms with E-state index in [1.54, 1.807) is 12.1 Å². The monoisotopic (exact) mass is 136 g/mol. The lowest BCUT2D eigenvalue weighted by Gasteiger charge is -1.82. The van der Waals surface area contributed by atoms with Gasteiger partial charge >= 0.3 is 0 Å². The number of carbonyl (C=O) groups excluding carboxylic acids is 1. The third kappa shape index (κ3) is 1.31. The summed E-state index contributed by atoms with van der Waals surface area (Å²) in [5.74, 6) is 0. The molecule has 1 heterocycles. The second-order valence-corrected chi connectivity index (χ2v) is 1.93. The molecule has 0 fully saturated rings. The average molecular weight is 136 g/mol. The van der Waals surface area contributed by atoms with Crippen LogP contribution >= 0.6 is 0 Å². The van der Waals surface area contributed by atoms with Gasteiger partial charge in [0.15, 0.2) is 6.29 Å². The third-order valence-corrected chi connectivity index (χ3v) is 1.14. The van der Waals surface area contributed by atoms with E-state index in [1.165, 1.54) is 0 Å². The molecule has 3 nitrogen and oxygen atoms in total. The lowest BCUT2D eigenvalue weighted by molar-refractivity contribution is 0.111. The first-order chi connectivity index (χ1) is 4.86. The van der Waals surface area contributed by atoms with E-state index >= 15 is 0 Å². The highest BCUT2D eigenvalue weighted by Gasteiger charge is 1.95. The van der Waals surface area contributed by atoms with Crippen molar-refractivity contribution in [1.82, 2.24) is 10.2 Å². The van der Waals surface area contributed by atoms with Gasteiger partial charge in [0.2, 0.25) is 0 Å². The van der Waals surface area contributed by atoms with Crippen molar-refractivity contribution in [1.29, 1.82) is 0 Å². The molecule has 1 aromatic heterocycles. The van der Waals surface area contributed by atoms with E-state index in [1.807, 2.05) is 0 Å². The Bertz CT molecular complexity index is 240. The predicted octanol–water partition coefficient (Wildman–Crippen LogP) is 0.951. The molecule has 1 rings (SSSR count). The van der Waals surface area contributed by atoms with Gasteiger partial charge in [-0.05, 0) is 6.07 Å². The van der Waals surface area contributed by atoms with Crippen LogP contribution in [-0.4, -0.2) is 16.5 Å². The number of hydrogen-bond donors (Lipinski definition) is 1. The maximum Gasteiger partial charge on any atom is 0.170 e. The van der Waals surface area contributed by atoms with Crippen LogP contribution < -0.4 is 0 Å². The number of allylic oxidation sites excluding steroid dienone is 1. The number of rotatable bonds is 3. The van der Waals surface area contributed by atoms with Crippen molar-refractivity contribution in [2.75, 3.05) is 0 Å². The summed E-state index contributed by atoms with van der Waals surface area (Å²) in [4.78, 5) is 10.1. The van der Waals surface area contributed by atoms with E-state index in [-0.39, 0.29) is 0 Å². The van der Waals surface area contributed by atoms with E-state index < -0.39 is 0 Å². The summed E-state index contributed by atoms with van der Waals surface area (Å²) >= 11 is 0. The number of H-pyrrole nitrogens is 1. The number of hydrogen-bond acceptors (Lipinski definition) is 2. The molecule has 1 aromatic rings. The molecule has 0 aliphatic rings. The van der Waals surface area contributed by atoms with Gasteiger partial charge < -0.3 is 0 Å². The molecule has 0 bridgehead atoms. The summed E-state index contributed by atoms with van der Waals surface area (Å²) in [6.45, 7) is 3.55. The van der Waals surface area contributed by atoms with Crippen molar-refractivity contribution >= 4 is 6.29 Å². The highest BCUT2D eigenvalue weighted by molar-refractivity contribution is 5.71. The maximum atomic E-state index is 10.1. The molecular weight excluding hydrogens is 128 g/mol. The Morgan fingerprint density at radius 3 is 3.10 bits per heavy atom. The van der Waals surface area contributed by atoms with Crippen LogP contribution in [0.3, 0.4) is 0 Å². The van der Waals surface area contributed by atoms with Crippen molar-refractivity contribution in [2.45, 2.75) is 6.42 Å². The van der Waals surface area contributed by atoms with E-state index in [4.69, 9.17) is 0 Å². The lowest BCUT2D eigenvalue weighted by Crippen LogP contribution is -1.78. The van der Waals surface area contributed by atoms with Gasteiger partial charge in [-0.3, -0.25) is 9.89 Å². The molecule has 52 valence electrons. The van der Waals surface area contributed by atoms with Crippen LogP contribution in [0.25, 0.3) is 0 Å². The SMILES string of the molecule is C=CCc1cc(C=O)n[nH]1. The van der Waals surface area contributed by atoms with Crippen LogP contribution in [0, 0.1) is 0 Å². The summed E-state index contributed by atoms with van der Waals surface area (Å²) in [7, 11) is 0. The molecule has 0 amide bonds. The van der Waals surface area contributed by atoms with Gasteiger partial charge in [-0.15, -0.1) is 6.58 Å². The number of aromatic nitrogens is 2. The summed E-state index contributed by atoms with van der Waals surface area (Å²) in [5, 5.41) is 6.42. The Morgan fingerprint density at radius 1 is 1.80 bits per heavy atom. The van der Waals surface area contributed by atoms with Gasteiger partial charge in [0.05, 0.1) is 0 Å². The van der Waals surface area contributed by atoms with Gasteiger partial charge in [-0.2, -0.15) is 5.10 Å². The summed E-state index contributed by atoms with van der Waals surface area (Å²) in [6.07, 6.45) is 3.19. The van der Waals surface area contributed by atoms with E-state index in [2.05, 4.69) is 16.8 Å². The van der Waals surface area contributed by atoms with Crippen LogP contribution in [0.4, 0.5) is 0 Å². The first kappa shape index (κ1) is 6.74. The normalized spacial score (nSPS) is 9.20. The standard InChI is InChI=1S/C7H8N2O/c1-2-3-6-4-7(5-10)9-8-6/h2,4-5H,1,3H2,(H,8,9). The Morgan fingerprint density at radius 2 is 2.60 bits per heavy atom. The van der Waals surface area contributed by atoms with Crippen LogP contribution in [0.2, 0.25) is 0 Å². The molecule has 0 saturated carbocycles. The summed E-state index contributed by atoms with van der Waals surface area (Å²) < 4.78 is 0. The molecule has 3 heteroatoms. The van der Waals surface area contributed by atoms with Gasteiger partial charge in [-0.1, -0.05) is 6.08 Å². The minimum Gasteiger partial charge on any atom is -0.296 e. The fourth-order valence-electron chi connectivity index (χ4n) is 0.700. The molecular formula is C7H8N2O. The average Bonchev–Trinajstić information content (AvgIpc) is 2.37. The largest absolute Gasteiger partial charge is 0.296 e. The van der Waals surface area contributed by atoms with Gasteiger partial charge in [-0.25, -0.2) is 0 Å². The molecule has 0 aromatic carbocycles. The Kier molecular flexibility index (Phi) is 1.99. The zero-order valence-corrected chi connectivity index (χ0v) is 5.50. The minimum atomic E-state index is 0.442. The highest BCUT2D eigenvalue weighted by Crippen LogP contribution is 1.97. The van der Waals surface area contributed by atoms with Crippen LogP contribution in [0.1, 0.15) is 16.2 Å². The van der Waals surface area contributed by atoms with Crippen molar-refractivity contribution in [3.8, 4) is 0 Å². The third-order valence-electron chi connectivity index (χ3n) is 1.14. The fourth-order valence-corrected chi connectivity index (χ4v) is 0.700. The zero-order chi connectivity index (χ0) is 7.40. The second kappa shape index (κ2) is 2.96. The minimum absolute atomic E-state index is 0.442. The lowest BCUT2D eigenvalue weighted by atomic mass is 10.3. The number of nitrogens with zero attached hydrogens (tertiary/aromatic N) is 1. The number of nitrogens with one attached hydrogen (secondary N) is 1. The van der Waals surface area contributed by atoms with Crippen molar-refractivity contribution in [2.24, 2.45) is 0 Å². The molecule has 10 heavy (non-hydrogen) atoms. The Balaban J connectivity index is 2.77. The van der Waals surface area contributed by atoms with Crippen LogP contribution in [0.5, 0.6) is 0 Å². The summed E-state index contributed by atoms with van der Waals surface area (Å²) in [5.41, 5.74) is 1.36. The molecule has 0 aliphatic carbocycles. The van der Waals surface area contributed by atoms with E-state index in [0.717, 1.165) is 12.1 Å². The first-order valence-corrected chi connectivity index (χ1v) is 2.97. The maximum absolute atomic E-state index is 10.1. The number of aldehydes is 1. The van der Waals surface area contributed by atoms with Gasteiger partial charge in [0.25, 0.3) is 0 Å². The van der Waals surface area contributed by atoms with E-state index in [0.29, 0.717) is 12.0 Å². The quantitative estimate of drug-likeness (QED) is 0.496. The van der Waals surface area contributed by atoms with Crippen LogP contribution in [0.15, 0.2) is 18.7 Å². The molecule has 0 saturated heterocycles. The van der Waals surface area contributed by atoms with E-state index in [9.17, 15) is 4.79 Å². The number of aromatic amines is 1.